The van der Waals surface area contributed by atoms with Crippen LogP contribution in [0.25, 0.3) is 93.6 Å². The van der Waals surface area contributed by atoms with Gasteiger partial charge in [-0.2, -0.15) is 0 Å². The highest BCUT2D eigenvalue weighted by molar-refractivity contribution is 7.29. The van der Waals surface area contributed by atoms with E-state index in [1.165, 1.54) is 223 Å². The summed E-state index contributed by atoms with van der Waals surface area (Å²) < 4.78 is 2.54. The fraction of sp³-hybridized carbons (Fsp3) is 0.409. The van der Waals surface area contributed by atoms with E-state index in [2.05, 4.69) is 98.1 Å². The average Bonchev–Trinajstić information content (AvgIpc) is 1.55. The number of unbranched alkanes of at least 4 members (excludes halogenated alkanes) is 24. The van der Waals surface area contributed by atoms with E-state index in [9.17, 15) is 20.1 Å². The van der Waals surface area contributed by atoms with Crippen molar-refractivity contribution in [3.63, 3.8) is 0 Å². The SMILES string of the molecule is [C-]#[N+]/C(C#N)=C1\C(=Cc2cc(CCCCCCCCCCCC)c(-c3cc4c(-c5ccc(CCCCCC)s5)c5sc(-c6sc(C=C7C(=O)c8ccccc8/C7=C(/C#N)[N+]#[C-])cc6CCCCCCCCCCCC)cc5c(-c5ccc(CCCCCC)s5)c4s3)s2)C(=O)c2ccccc21. The van der Waals surface area contributed by atoms with Crippen LogP contribution >= 0.6 is 68.0 Å². The summed E-state index contributed by atoms with van der Waals surface area (Å²) in [6, 6.07) is 38.2. The Morgan fingerprint density at radius 2 is 0.720 bits per heavy atom. The third-order valence-electron chi connectivity index (χ3n) is 19.9. The van der Waals surface area contributed by atoms with Crippen molar-refractivity contribution in [1.82, 2.24) is 0 Å². The van der Waals surface area contributed by atoms with Gasteiger partial charge in [0, 0.05) is 113 Å². The first-order valence-corrected chi connectivity index (χ1v) is 42.3. The second-order valence-corrected chi connectivity index (χ2v) is 33.8. The molecule has 6 heterocycles. The van der Waals surface area contributed by atoms with Gasteiger partial charge in [0.2, 0.25) is 0 Å². The van der Waals surface area contributed by atoms with Crippen molar-refractivity contribution in [2.75, 3.05) is 0 Å². The van der Waals surface area contributed by atoms with Crippen molar-refractivity contribution in [1.29, 1.82) is 10.5 Å². The Kier molecular flexibility index (Phi) is 27.3. The molecule has 0 saturated heterocycles. The Labute approximate surface area is 619 Å². The molecule has 0 aliphatic heterocycles. The summed E-state index contributed by atoms with van der Waals surface area (Å²) in [6.45, 7) is 25.3. The fourth-order valence-electron chi connectivity index (χ4n) is 14.6. The van der Waals surface area contributed by atoms with Gasteiger partial charge in [0.15, 0.2) is 11.6 Å². The van der Waals surface area contributed by atoms with Crippen LogP contribution < -0.4 is 0 Å². The first kappa shape index (κ1) is 73.8. The number of aryl methyl sites for hydroxylation is 4. The van der Waals surface area contributed by atoms with Gasteiger partial charge in [0.05, 0.1) is 25.3 Å². The number of rotatable bonds is 38. The van der Waals surface area contributed by atoms with Gasteiger partial charge in [0.25, 0.3) is 11.4 Å². The lowest BCUT2D eigenvalue weighted by Gasteiger charge is -2.09. The molecule has 0 N–H and O–H groups in total. The number of fused-ring (bicyclic) bond motifs is 4. The lowest BCUT2D eigenvalue weighted by Crippen LogP contribution is -1.95. The van der Waals surface area contributed by atoms with Crippen LogP contribution in [0.1, 0.15) is 270 Å². The summed E-state index contributed by atoms with van der Waals surface area (Å²) in [4.78, 5) is 48.5. The van der Waals surface area contributed by atoms with E-state index in [0.717, 1.165) is 74.0 Å². The molecule has 6 aromatic heterocycles. The number of nitriles is 2. The highest BCUT2D eigenvalue weighted by Gasteiger charge is 2.35. The minimum Gasteiger partial charge on any atom is -0.289 e. The number of benzene rings is 3. The molecular weight excluding hydrogens is 1340 g/mol. The predicted octanol–water partition coefficient (Wildman–Crippen LogP) is 29.1. The molecule has 0 amide bonds. The van der Waals surface area contributed by atoms with Gasteiger partial charge in [-0.05, 0) is 134 Å². The number of allylic oxidation sites excluding steroid dienone is 6. The molecule has 0 radical (unpaired) electrons. The molecule has 0 bridgehead atoms. The maximum atomic E-state index is 14.5. The molecule has 2 aliphatic rings. The number of nitrogens with zero attached hydrogens (tertiary/aromatic N) is 4. The van der Waals surface area contributed by atoms with E-state index >= 15 is 0 Å². The minimum absolute atomic E-state index is 0.0666. The number of thiophene rings is 6. The van der Waals surface area contributed by atoms with Crippen LogP contribution in [0.3, 0.4) is 0 Å². The molecular formula is C88H94N4O2S6. The van der Waals surface area contributed by atoms with Crippen LogP contribution in [0.4, 0.5) is 0 Å². The molecule has 0 unspecified atom stereocenters. The quantitative estimate of drug-likeness (QED) is 0.0167. The highest BCUT2D eigenvalue weighted by atomic mass is 32.1. The van der Waals surface area contributed by atoms with Gasteiger partial charge in [-0.1, -0.05) is 230 Å². The zero-order chi connectivity index (χ0) is 69.7. The van der Waals surface area contributed by atoms with Gasteiger partial charge < -0.3 is 0 Å². The smallest absolute Gasteiger partial charge is 0.270 e. The maximum absolute atomic E-state index is 14.5. The summed E-state index contributed by atoms with van der Waals surface area (Å²) in [6.07, 6.45) is 42.4. The van der Waals surface area contributed by atoms with Crippen molar-refractivity contribution in [2.24, 2.45) is 0 Å². The zero-order valence-corrected chi connectivity index (χ0v) is 64.0. The summed E-state index contributed by atoms with van der Waals surface area (Å²) in [7, 11) is 0. The van der Waals surface area contributed by atoms with Gasteiger partial charge in [-0.25, -0.2) is 20.2 Å². The summed E-state index contributed by atoms with van der Waals surface area (Å²) in [5.74, 6) is -0.308. The van der Waals surface area contributed by atoms with E-state index in [1.54, 1.807) is 22.7 Å². The van der Waals surface area contributed by atoms with E-state index in [-0.39, 0.29) is 23.0 Å². The Hall–Kier alpha value is -7.36. The Morgan fingerprint density at radius 3 is 1.07 bits per heavy atom. The lowest BCUT2D eigenvalue weighted by molar-refractivity contribution is 0.103. The van der Waals surface area contributed by atoms with Crippen molar-refractivity contribution >= 4 is 123 Å². The number of carbonyl (C=O) groups is 2. The maximum Gasteiger partial charge on any atom is 0.270 e. The number of ketones is 2. The van der Waals surface area contributed by atoms with Crippen LogP contribution in [-0.4, -0.2) is 11.6 Å². The van der Waals surface area contributed by atoms with Crippen LogP contribution in [0.2, 0.25) is 0 Å². The van der Waals surface area contributed by atoms with E-state index in [4.69, 9.17) is 13.1 Å². The summed E-state index contributed by atoms with van der Waals surface area (Å²) in [5.41, 5.74) is 8.97. The first-order chi connectivity index (χ1) is 49.1. The Morgan fingerprint density at radius 1 is 0.390 bits per heavy atom. The lowest BCUT2D eigenvalue weighted by atomic mass is 9.98. The average molecular weight is 1430 g/mol. The van der Waals surface area contributed by atoms with E-state index < -0.39 is 0 Å². The van der Waals surface area contributed by atoms with Gasteiger partial charge in [-0.15, -0.1) is 68.0 Å². The van der Waals surface area contributed by atoms with Crippen molar-refractivity contribution in [3.05, 3.63) is 195 Å². The molecule has 12 heteroatoms. The standard InChI is InChI=1S/C88H94N4O2S6/c1-7-11-15-19-21-23-25-27-29-31-39-59-51-63(53-69-79(73(57-89)91-5)65-43-35-37-45-67(65)83(69)93)97-85(59)77-55-71-81(75-49-47-61(95-75)41-33-17-13-9-3)88-72(82(87(71)99-77)76-50-48-62(96-76)42-34-18-14-10-4)56-78(100-88)86-60(40-32-30-28-26-24-22-20-16-12-8-2)52-64(98-86)54-70-80(74(58-90)92-6)66-44-36-38-46-68(66)84(70)94/h35-38,43-56H,7-34,39-42H2,1-4H3/b69-53?,70-54?,79-73-,80-74+. The van der Waals surface area contributed by atoms with Crippen molar-refractivity contribution in [3.8, 4) is 52.5 Å². The van der Waals surface area contributed by atoms with Crippen LogP contribution in [0.15, 0.2) is 120 Å². The second kappa shape index (κ2) is 37.0. The van der Waals surface area contributed by atoms with Gasteiger partial charge in [0.1, 0.15) is 0 Å². The molecule has 11 rings (SSSR count). The molecule has 0 saturated carbocycles. The fourth-order valence-corrected chi connectivity index (χ4v) is 22.0. The summed E-state index contributed by atoms with van der Waals surface area (Å²) >= 11 is 11.2. The number of hydrogen-bond donors (Lipinski definition) is 0. The van der Waals surface area contributed by atoms with Crippen LogP contribution in [0.5, 0.6) is 0 Å². The monoisotopic (exact) mass is 1430 g/mol. The molecule has 514 valence electrons. The molecule has 100 heavy (non-hydrogen) atoms. The molecule has 0 fully saturated rings. The zero-order valence-electron chi connectivity index (χ0n) is 59.1. The van der Waals surface area contributed by atoms with Gasteiger partial charge in [-0.3, -0.25) is 9.59 Å². The summed E-state index contributed by atoms with van der Waals surface area (Å²) in [5, 5.41) is 23.2. The molecule has 0 spiro atoms. The molecule has 6 nitrogen and oxygen atoms in total. The largest absolute Gasteiger partial charge is 0.289 e. The predicted molar refractivity (Wildman–Crippen MR) is 433 cm³/mol. The van der Waals surface area contributed by atoms with Crippen molar-refractivity contribution in [2.45, 2.75) is 233 Å². The Bertz CT molecular complexity index is 4300. The normalized spacial score (nSPS) is 14.6. The topological polar surface area (TPSA) is 90.4 Å². The Balaban J connectivity index is 1.08. The third kappa shape index (κ3) is 17.4. The number of carbonyl (C=O) groups excluding carboxylic acids is 2. The molecule has 3 aromatic carbocycles. The first-order valence-electron chi connectivity index (χ1n) is 37.4. The van der Waals surface area contributed by atoms with Crippen molar-refractivity contribution < 1.29 is 9.59 Å². The van der Waals surface area contributed by atoms with E-state index in [1.807, 2.05) is 106 Å². The van der Waals surface area contributed by atoms with Crippen LogP contribution in [0, 0.1) is 35.8 Å². The number of hydrogen-bond acceptors (Lipinski definition) is 10. The number of Topliss-reactive ketones (excluding diaryl/α,β-unsaturated/α-hetero) is 2. The minimum atomic E-state index is -0.154. The molecule has 2 aliphatic carbocycles. The van der Waals surface area contributed by atoms with Gasteiger partial charge >= 0.3 is 0 Å². The van der Waals surface area contributed by atoms with E-state index in [0.29, 0.717) is 44.5 Å². The molecule has 0 atom stereocenters. The molecule has 9 aromatic rings. The second-order valence-electron chi connectivity index (χ2n) is 27.2. The third-order valence-corrected chi connectivity index (χ3v) is 27.2. The highest BCUT2D eigenvalue weighted by Crippen LogP contribution is 2.56. The van der Waals surface area contributed by atoms with Crippen LogP contribution in [-0.2, 0) is 25.7 Å².